The number of nitrogens with zero attached hydrogens (tertiary/aromatic N) is 3. The zero-order valence-corrected chi connectivity index (χ0v) is 13.0. The number of methoxy groups -OCH3 is 1. The Morgan fingerprint density at radius 1 is 1.27 bits per heavy atom. The highest BCUT2D eigenvalue weighted by Crippen LogP contribution is 2.21. The van der Waals surface area contributed by atoms with Crippen molar-refractivity contribution in [2.24, 2.45) is 5.73 Å². The molecule has 2 N–H and O–H groups in total. The summed E-state index contributed by atoms with van der Waals surface area (Å²) in [6.45, 7) is 2.09. The Morgan fingerprint density at radius 2 is 2.00 bits per heavy atom. The molecule has 1 amide bonds. The van der Waals surface area contributed by atoms with Crippen molar-refractivity contribution in [1.29, 1.82) is 0 Å². The molecule has 22 heavy (non-hydrogen) atoms. The van der Waals surface area contributed by atoms with E-state index in [4.69, 9.17) is 10.5 Å². The molecule has 0 aliphatic heterocycles. The molecule has 1 aromatic carbocycles. The van der Waals surface area contributed by atoms with Gasteiger partial charge in [0, 0.05) is 13.1 Å². The lowest BCUT2D eigenvalue weighted by Crippen LogP contribution is -2.32. The average Bonchev–Trinajstić information content (AvgIpc) is 2.54. The first-order valence-electron chi connectivity index (χ1n) is 7.01. The summed E-state index contributed by atoms with van der Waals surface area (Å²) in [5.41, 5.74) is 6.46. The number of likely N-dealkylation sites (N-methyl/N-ethyl adjacent to an activating group) is 1. The van der Waals surface area contributed by atoms with Gasteiger partial charge in [-0.05, 0) is 37.1 Å². The van der Waals surface area contributed by atoms with Crippen LogP contribution in [0.3, 0.4) is 0 Å². The number of anilines is 1. The molecule has 0 fully saturated rings. The van der Waals surface area contributed by atoms with E-state index in [-0.39, 0.29) is 11.7 Å². The molecule has 0 radical (unpaired) electrons. The van der Waals surface area contributed by atoms with Crippen LogP contribution in [-0.4, -0.2) is 36.3 Å². The second-order valence-electron chi connectivity index (χ2n) is 5.12. The Hall–Kier alpha value is -2.63. The van der Waals surface area contributed by atoms with Crippen LogP contribution in [0.15, 0.2) is 36.4 Å². The predicted octanol–water partition coefficient (Wildman–Crippen LogP) is 1.65. The van der Waals surface area contributed by atoms with E-state index in [9.17, 15) is 4.79 Å². The first-order valence-corrected chi connectivity index (χ1v) is 7.01. The van der Waals surface area contributed by atoms with Crippen molar-refractivity contribution in [3.05, 3.63) is 47.7 Å². The van der Waals surface area contributed by atoms with Gasteiger partial charge in [-0.2, -0.15) is 0 Å². The number of hydrogen-bond acceptors (Lipinski definition) is 5. The predicted molar refractivity (Wildman–Crippen MR) is 85.1 cm³/mol. The van der Waals surface area contributed by atoms with Crippen molar-refractivity contribution in [2.45, 2.75) is 19.4 Å². The van der Waals surface area contributed by atoms with E-state index >= 15 is 0 Å². The molecule has 2 aromatic rings. The molecule has 1 aromatic heterocycles. The van der Waals surface area contributed by atoms with E-state index in [1.807, 2.05) is 36.2 Å². The van der Waals surface area contributed by atoms with Crippen molar-refractivity contribution in [3.63, 3.8) is 0 Å². The highest BCUT2D eigenvalue weighted by atomic mass is 16.5. The second-order valence-corrected chi connectivity index (χ2v) is 5.12. The summed E-state index contributed by atoms with van der Waals surface area (Å²) in [7, 11) is 3.61. The average molecular weight is 300 g/mol. The van der Waals surface area contributed by atoms with Crippen molar-refractivity contribution >= 4 is 11.7 Å². The number of hydrogen-bond donors (Lipinski definition) is 1. The van der Waals surface area contributed by atoms with Gasteiger partial charge in [0.05, 0.1) is 7.11 Å². The van der Waals surface area contributed by atoms with Crippen molar-refractivity contribution in [3.8, 4) is 5.75 Å². The number of para-hydroxylation sites is 1. The Balaban J connectivity index is 2.11. The lowest BCUT2D eigenvalue weighted by Gasteiger charge is -2.26. The largest absolute Gasteiger partial charge is 0.496 e. The lowest BCUT2D eigenvalue weighted by atomic mass is 10.1. The van der Waals surface area contributed by atoms with Crippen LogP contribution in [0.1, 0.15) is 23.0 Å². The van der Waals surface area contributed by atoms with Gasteiger partial charge in [-0.3, -0.25) is 4.79 Å². The number of amides is 1. The normalized spacial score (nSPS) is 11.8. The summed E-state index contributed by atoms with van der Waals surface area (Å²) in [6, 6.07) is 11.4. The van der Waals surface area contributed by atoms with Gasteiger partial charge in [0.25, 0.3) is 5.91 Å². The Kier molecular flexibility index (Phi) is 4.93. The van der Waals surface area contributed by atoms with E-state index in [0.717, 1.165) is 17.7 Å². The van der Waals surface area contributed by atoms with Gasteiger partial charge in [-0.25, -0.2) is 0 Å². The fourth-order valence-electron chi connectivity index (χ4n) is 2.20. The third-order valence-corrected chi connectivity index (χ3v) is 3.63. The number of primary amides is 1. The van der Waals surface area contributed by atoms with Crippen LogP contribution in [-0.2, 0) is 6.42 Å². The van der Waals surface area contributed by atoms with Gasteiger partial charge in [0.15, 0.2) is 11.5 Å². The summed E-state index contributed by atoms with van der Waals surface area (Å²) in [4.78, 5) is 13.0. The second kappa shape index (κ2) is 6.89. The molecule has 0 spiro atoms. The van der Waals surface area contributed by atoms with Crippen LogP contribution in [0.2, 0.25) is 0 Å². The molecule has 0 saturated carbocycles. The number of nitrogens with two attached hydrogens (primary N) is 1. The van der Waals surface area contributed by atoms with Crippen LogP contribution < -0.4 is 15.4 Å². The summed E-state index contributed by atoms with van der Waals surface area (Å²) in [6.07, 6.45) is 0.805. The van der Waals surface area contributed by atoms with Crippen LogP contribution in [0, 0.1) is 0 Å². The minimum atomic E-state index is -0.580. The first kappa shape index (κ1) is 15.8. The summed E-state index contributed by atoms with van der Waals surface area (Å²) in [5, 5.41) is 7.88. The molecule has 0 aliphatic carbocycles. The Labute approximate surface area is 129 Å². The number of benzene rings is 1. The van der Waals surface area contributed by atoms with Crippen molar-refractivity contribution < 1.29 is 9.53 Å². The SMILES string of the molecule is COc1ccccc1C[C@H](C)N(C)c1ccc(C(N)=O)nn1. The maximum atomic E-state index is 11.0. The van der Waals surface area contributed by atoms with Crippen LogP contribution >= 0.6 is 0 Å². The molecule has 0 saturated heterocycles. The van der Waals surface area contributed by atoms with Gasteiger partial charge in [-0.15, -0.1) is 10.2 Å². The Bertz CT molecular complexity index is 643. The maximum Gasteiger partial charge on any atom is 0.269 e. The molecule has 6 nitrogen and oxygen atoms in total. The highest BCUT2D eigenvalue weighted by Gasteiger charge is 2.15. The third-order valence-electron chi connectivity index (χ3n) is 3.63. The van der Waals surface area contributed by atoms with Crippen molar-refractivity contribution in [2.75, 3.05) is 19.1 Å². The molecule has 0 bridgehead atoms. The molecule has 1 heterocycles. The first-order chi connectivity index (χ1) is 10.5. The van der Waals surface area contributed by atoms with Crippen LogP contribution in [0.4, 0.5) is 5.82 Å². The van der Waals surface area contributed by atoms with Gasteiger partial charge < -0.3 is 15.4 Å². The molecule has 0 unspecified atom stereocenters. The summed E-state index contributed by atoms with van der Waals surface area (Å²) in [5.74, 6) is 0.981. The van der Waals surface area contributed by atoms with E-state index in [2.05, 4.69) is 17.1 Å². The number of aromatic nitrogens is 2. The minimum Gasteiger partial charge on any atom is -0.496 e. The van der Waals surface area contributed by atoms with Gasteiger partial charge in [-0.1, -0.05) is 18.2 Å². The van der Waals surface area contributed by atoms with Crippen LogP contribution in [0.25, 0.3) is 0 Å². The molecule has 1 atom stereocenters. The third kappa shape index (κ3) is 3.52. The van der Waals surface area contributed by atoms with Gasteiger partial charge in [0.1, 0.15) is 5.75 Å². The number of carbonyl (C=O) groups excluding carboxylic acids is 1. The maximum absolute atomic E-state index is 11.0. The molecular weight excluding hydrogens is 280 g/mol. The highest BCUT2D eigenvalue weighted by molar-refractivity contribution is 5.90. The molecule has 2 rings (SSSR count). The number of carbonyl (C=O) groups is 1. The number of rotatable bonds is 6. The van der Waals surface area contributed by atoms with E-state index < -0.39 is 5.91 Å². The molecular formula is C16H20N4O2. The monoisotopic (exact) mass is 300 g/mol. The standard InChI is InChI=1S/C16H20N4O2/c1-11(10-12-6-4-5-7-14(12)22-3)20(2)15-9-8-13(16(17)21)18-19-15/h4-9,11H,10H2,1-3H3,(H2,17,21)/t11-/m0/s1. The Morgan fingerprint density at radius 3 is 2.59 bits per heavy atom. The lowest BCUT2D eigenvalue weighted by molar-refractivity contribution is 0.0994. The van der Waals surface area contributed by atoms with E-state index in [1.54, 1.807) is 19.2 Å². The molecule has 6 heteroatoms. The molecule has 116 valence electrons. The topological polar surface area (TPSA) is 81.3 Å². The summed E-state index contributed by atoms with van der Waals surface area (Å²) >= 11 is 0. The van der Waals surface area contributed by atoms with Gasteiger partial charge in [0.2, 0.25) is 0 Å². The smallest absolute Gasteiger partial charge is 0.269 e. The fourth-order valence-corrected chi connectivity index (χ4v) is 2.20. The zero-order chi connectivity index (χ0) is 16.1. The fraction of sp³-hybridized carbons (Fsp3) is 0.312. The van der Waals surface area contributed by atoms with Gasteiger partial charge >= 0.3 is 0 Å². The van der Waals surface area contributed by atoms with E-state index in [0.29, 0.717) is 5.82 Å². The van der Waals surface area contributed by atoms with Crippen molar-refractivity contribution in [1.82, 2.24) is 10.2 Å². The van der Waals surface area contributed by atoms with Crippen LogP contribution in [0.5, 0.6) is 5.75 Å². The zero-order valence-electron chi connectivity index (χ0n) is 13.0. The summed E-state index contributed by atoms with van der Waals surface area (Å²) < 4.78 is 5.38. The molecule has 0 aliphatic rings. The van der Waals surface area contributed by atoms with E-state index in [1.165, 1.54) is 0 Å². The minimum absolute atomic E-state index is 0.162. The quantitative estimate of drug-likeness (QED) is 0.877. The number of ether oxygens (including phenoxy) is 1.